The summed E-state index contributed by atoms with van der Waals surface area (Å²) >= 11 is 0. The molecule has 0 aliphatic rings. The zero-order valence-corrected chi connectivity index (χ0v) is 15.8. The molecule has 0 spiro atoms. The molecule has 3 rings (SSSR count). The van der Waals surface area contributed by atoms with E-state index in [4.69, 9.17) is 9.47 Å². The monoisotopic (exact) mass is 382 g/mol. The van der Waals surface area contributed by atoms with E-state index >= 15 is 0 Å². The number of rotatable bonds is 8. The van der Waals surface area contributed by atoms with Crippen LogP contribution in [0.3, 0.4) is 0 Å². The quantitative estimate of drug-likeness (QED) is 0.615. The van der Waals surface area contributed by atoms with E-state index in [1.54, 1.807) is 18.9 Å². The van der Waals surface area contributed by atoms with Gasteiger partial charge in [0.25, 0.3) is 0 Å². The van der Waals surface area contributed by atoms with Crippen LogP contribution in [0.1, 0.15) is 11.4 Å². The van der Waals surface area contributed by atoms with Gasteiger partial charge in [-0.3, -0.25) is 0 Å². The topological polar surface area (TPSA) is 103 Å². The van der Waals surface area contributed by atoms with E-state index in [9.17, 15) is 4.79 Å². The number of methoxy groups -OCH3 is 2. The lowest BCUT2D eigenvalue weighted by atomic mass is 10.1. The Morgan fingerprint density at radius 2 is 1.61 bits per heavy atom. The number of benzene rings is 2. The smallest absolute Gasteiger partial charge is 0.315 e. The third-order valence-corrected chi connectivity index (χ3v) is 4.12. The number of carbonyl (C=O) groups excluding carboxylic acids is 1. The first kappa shape index (κ1) is 19.2. The van der Waals surface area contributed by atoms with E-state index < -0.39 is 0 Å². The van der Waals surface area contributed by atoms with Crippen molar-refractivity contribution in [3.8, 4) is 17.2 Å². The maximum absolute atomic E-state index is 12.0. The lowest BCUT2D eigenvalue weighted by Crippen LogP contribution is -2.36. The number of carbonyl (C=O) groups is 1. The van der Waals surface area contributed by atoms with Crippen LogP contribution in [0.5, 0.6) is 11.5 Å². The van der Waals surface area contributed by atoms with Gasteiger partial charge in [-0.2, -0.15) is 4.68 Å². The highest BCUT2D eigenvalue weighted by molar-refractivity contribution is 5.73. The van der Waals surface area contributed by atoms with Gasteiger partial charge < -0.3 is 20.1 Å². The van der Waals surface area contributed by atoms with Crippen molar-refractivity contribution in [3.05, 3.63) is 59.9 Å². The van der Waals surface area contributed by atoms with Gasteiger partial charge in [-0.15, -0.1) is 5.10 Å². The molecule has 0 saturated carbocycles. The third-order valence-electron chi connectivity index (χ3n) is 4.12. The van der Waals surface area contributed by atoms with Crippen LogP contribution in [0, 0.1) is 0 Å². The molecule has 2 aromatic carbocycles. The zero-order valence-electron chi connectivity index (χ0n) is 15.8. The van der Waals surface area contributed by atoms with Crippen LogP contribution < -0.4 is 20.1 Å². The van der Waals surface area contributed by atoms with Crippen LogP contribution in [0.2, 0.25) is 0 Å². The van der Waals surface area contributed by atoms with E-state index in [2.05, 4.69) is 26.2 Å². The summed E-state index contributed by atoms with van der Waals surface area (Å²) in [5, 5.41) is 17.2. The fourth-order valence-corrected chi connectivity index (χ4v) is 2.57. The largest absolute Gasteiger partial charge is 0.497 e. The molecule has 28 heavy (non-hydrogen) atoms. The van der Waals surface area contributed by atoms with E-state index in [0.29, 0.717) is 12.4 Å². The highest BCUT2D eigenvalue weighted by atomic mass is 16.5. The first-order valence-corrected chi connectivity index (χ1v) is 8.76. The van der Waals surface area contributed by atoms with Gasteiger partial charge in [0, 0.05) is 6.54 Å². The highest BCUT2D eigenvalue weighted by Gasteiger charge is 2.10. The molecule has 0 fully saturated rings. The van der Waals surface area contributed by atoms with Crippen molar-refractivity contribution < 1.29 is 14.3 Å². The first-order chi connectivity index (χ1) is 13.7. The molecule has 0 unspecified atom stereocenters. The second-order valence-corrected chi connectivity index (χ2v) is 5.91. The Kier molecular flexibility index (Phi) is 6.40. The summed E-state index contributed by atoms with van der Waals surface area (Å²) < 4.78 is 11.8. The lowest BCUT2D eigenvalue weighted by Gasteiger charge is -2.09. The Bertz CT molecular complexity index is 893. The van der Waals surface area contributed by atoms with Crippen molar-refractivity contribution in [2.75, 3.05) is 20.8 Å². The molecule has 0 aliphatic heterocycles. The van der Waals surface area contributed by atoms with Gasteiger partial charge >= 0.3 is 6.03 Å². The Labute approximate surface area is 162 Å². The van der Waals surface area contributed by atoms with Gasteiger partial charge in [0.2, 0.25) is 0 Å². The Hall–Kier alpha value is -3.62. The fourth-order valence-electron chi connectivity index (χ4n) is 2.57. The minimum absolute atomic E-state index is 0.202. The van der Waals surface area contributed by atoms with Crippen molar-refractivity contribution in [3.63, 3.8) is 0 Å². The third kappa shape index (κ3) is 4.97. The van der Waals surface area contributed by atoms with Gasteiger partial charge in [-0.1, -0.05) is 12.1 Å². The van der Waals surface area contributed by atoms with E-state index in [-0.39, 0.29) is 12.6 Å². The number of amides is 2. The summed E-state index contributed by atoms with van der Waals surface area (Å²) in [5.74, 6) is 2.08. The number of urea groups is 1. The molecule has 2 N–H and O–H groups in total. The van der Waals surface area contributed by atoms with Gasteiger partial charge in [-0.25, -0.2) is 4.79 Å². The van der Waals surface area contributed by atoms with Crippen molar-refractivity contribution in [1.29, 1.82) is 0 Å². The molecule has 2 amide bonds. The van der Waals surface area contributed by atoms with E-state index in [1.165, 1.54) is 0 Å². The summed E-state index contributed by atoms with van der Waals surface area (Å²) in [7, 11) is 3.24. The summed E-state index contributed by atoms with van der Waals surface area (Å²) in [4.78, 5) is 12.0. The Balaban J connectivity index is 1.47. The van der Waals surface area contributed by atoms with Crippen molar-refractivity contribution in [2.45, 2.75) is 13.0 Å². The molecule has 3 aromatic rings. The second-order valence-electron chi connectivity index (χ2n) is 5.91. The summed E-state index contributed by atoms with van der Waals surface area (Å²) in [5.41, 5.74) is 1.90. The van der Waals surface area contributed by atoms with Crippen LogP contribution in [0.15, 0.2) is 48.5 Å². The van der Waals surface area contributed by atoms with Gasteiger partial charge in [0.1, 0.15) is 11.5 Å². The molecule has 0 bridgehead atoms. The number of tetrazole rings is 1. The Morgan fingerprint density at radius 3 is 2.25 bits per heavy atom. The molecule has 0 saturated heterocycles. The number of ether oxygens (including phenoxy) is 2. The number of hydrogen-bond donors (Lipinski definition) is 2. The van der Waals surface area contributed by atoms with Gasteiger partial charge in [0.15, 0.2) is 5.82 Å². The SMILES string of the molecule is COc1ccc(CCNC(=O)NCc2nnnn2-c2ccc(OC)cc2)cc1. The lowest BCUT2D eigenvalue weighted by molar-refractivity contribution is 0.240. The highest BCUT2D eigenvalue weighted by Crippen LogP contribution is 2.14. The molecule has 146 valence electrons. The summed E-state index contributed by atoms with van der Waals surface area (Å²) in [6, 6.07) is 14.8. The first-order valence-electron chi connectivity index (χ1n) is 8.76. The van der Waals surface area contributed by atoms with Gasteiger partial charge in [-0.05, 0) is 58.8 Å². The maximum Gasteiger partial charge on any atom is 0.315 e. The standard InChI is InChI=1S/C19H22N6O3/c1-27-16-7-3-14(4-8-16)11-12-20-19(26)21-13-18-22-23-24-25(18)15-5-9-17(28-2)10-6-15/h3-10H,11-13H2,1-2H3,(H2,20,21,26). The number of aromatic nitrogens is 4. The molecule has 1 heterocycles. The summed E-state index contributed by atoms with van der Waals surface area (Å²) in [6.45, 7) is 0.717. The normalized spacial score (nSPS) is 10.4. The average molecular weight is 382 g/mol. The number of nitrogens with one attached hydrogen (secondary N) is 2. The van der Waals surface area contributed by atoms with Crippen LogP contribution in [0.4, 0.5) is 4.79 Å². The van der Waals surface area contributed by atoms with Crippen molar-refractivity contribution in [2.24, 2.45) is 0 Å². The molecule has 0 aliphatic carbocycles. The van der Waals surface area contributed by atoms with E-state index in [1.807, 2.05) is 48.5 Å². The maximum atomic E-state index is 12.0. The van der Waals surface area contributed by atoms with E-state index in [0.717, 1.165) is 29.2 Å². The van der Waals surface area contributed by atoms with Crippen molar-refractivity contribution >= 4 is 6.03 Å². The fraction of sp³-hybridized carbons (Fsp3) is 0.263. The molecule has 0 atom stereocenters. The minimum Gasteiger partial charge on any atom is -0.497 e. The molecule has 9 nitrogen and oxygen atoms in total. The number of nitrogens with zero attached hydrogens (tertiary/aromatic N) is 4. The summed E-state index contributed by atoms with van der Waals surface area (Å²) in [6.07, 6.45) is 0.723. The predicted molar refractivity (Wildman–Crippen MR) is 103 cm³/mol. The minimum atomic E-state index is -0.280. The van der Waals surface area contributed by atoms with Crippen LogP contribution in [0.25, 0.3) is 5.69 Å². The molecular weight excluding hydrogens is 360 g/mol. The molecule has 9 heteroatoms. The molecule has 1 aromatic heterocycles. The second kappa shape index (κ2) is 9.36. The zero-order chi connectivity index (χ0) is 19.8. The van der Waals surface area contributed by atoms with Crippen molar-refractivity contribution in [1.82, 2.24) is 30.8 Å². The van der Waals surface area contributed by atoms with Crippen LogP contribution >= 0.6 is 0 Å². The van der Waals surface area contributed by atoms with Gasteiger partial charge in [0.05, 0.1) is 26.5 Å². The number of hydrogen-bond acceptors (Lipinski definition) is 6. The molecule has 0 radical (unpaired) electrons. The average Bonchev–Trinajstić information content (AvgIpc) is 3.21. The van der Waals surface area contributed by atoms with Crippen LogP contribution in [-0.4, -0.2) is 47.0 Å². The predicted octanol–water partition coefficient (Wildman–Crippen LogP) is 1.72. The Morgan fingerprint density at radius 1 is 0.964 bits per heavy atom. The molecular formula is C19H22N6O3. The van der Waals surface area contributed by atoms with Crippen LogP contribution in [-0.2, 0) is 13.0 Å².